The van der Waals surface area contributed by atoms with Gasteiger partial charge in [0.1, 0.15) is 11.8 Å². The van der Waals surface area contributed by atoms with Crippen LogP contribution >= 0.6 is 11.6 Å². The van der Waals surface area contributed by atoms with Crippen LogP contribution in [0.15, 0.2) is 71.8 Å². The molecule has 2 heterocycles. The summed E-state index contributed by atoms with van der Waals surface area (Å²) in [5.41, 5.74) is 1.32. The lowest BCUT2D eigenvalue weighted by Gasteiger charge is -2.34. The summed E-state index contributed by atoms with van der Waals surface area (Å²) < 4.78 is 33.6. The summed E-state index contributed by atoms with van der Waals surface area (Å²) in [5.74, 6) is -0.652. The summed E-state index contributed by atoms with van der Waals surface area (Å²) in [5, 5.41) is 12.7. The number of nitrogens with zero attached hydrogens (tertiary/aromatic N) is 2. The van der Waals surface area contributed by atoms with Crippen LogP contribution in [0.4, 0.5) is 11.4 Å². The molecule has 1 amide bonds. The lowest BCUT2D eigenvalue weighted by Crippen LogP contribution is -2.45. The van der Waals surface area contributed by atoms with Gasteiger partial charge in [0.2, 0.25) is 11.8 Å². The predicted molar refractivity (Wildman–Crippen MR) is 125 cm³/mol. The van der Waals surface area contributed by atoms with Gasteiger partial charge in [-0.15, -0.1) is 0 Å². The Hall–Kier alpha value is -3.14. The Morgan fingerprint density at radius 3 is 2.70 bits per heavy atom. The molecule has 2 aromatic carbocycles. The van der Waals surface area contributed by atoms with Crippen molar-refractivity contribution in [3.8, 4) is 5.88 Å². The van der Waals surface area contributed by atoms with Crippen LogP contribution in [-0.2, 0) is 14.8 Å². The molecule has 1 aromatic heterocycles. The SMILES string of the molecule is C[C@H](C(=O)Nc1cnc2c(c1)N(S(=O)(=O)c1cccc(Cl)c1)C[C@H](CO)O2)c1ccccc1. The van der Waals surface area contributed by atoms with E-state index in [9.17, 15) is 18.3 Å². The molecule has 8 nitrogen and oxygen atoms in total. The monoisotopic (exact) mass is 487 g/mol. The average Bonchev–Trinajstić information content (AvgIpc) is 2.83. The molecule has 0 saturated heterocycles. The molecule has 1 aliphatic heterocycles. The summed E-state index contributed by atoms with van der Waals surface area (Å²) in [6.07, 6.45) is 0.593. The second-order valence-electron chi connectivity index (χ2n) is 7.59. The zero-order valence-electron chi connectivity index (χ0n) is 17.7. The van der Waals surface area contributed by atoms with E-state index in [4.69, 9.17) is 16.3 Å². The molecule has 0 radical (unpaired) electrons. The fourth-order valence-corrected chi connectivity index (χ4v) is 5.27. The molecule has 0 aliphatic carbocycles. The molecule has 172 valence electrons. The lowest BCUT2D eigenvalue weighted by molar-refractivity contribution is -0.117. The van der Waals surface area contributed by atoms with Gasteiger partial charge in [0, 0.05) is 5.02 Å². The maximum Gasteiger partial charge on any atom is 0.264 e. The molecule has 0 fully saturated rings. The number of aliphatic hydroxyl groups excluding tert-OH is 1. The minimum atomic E-state index is -4.04. The van der Waals surface area contributed by atoms with E-state index in [2.05, 4.69) is 10.3 Å². The van der Waals surface area contributed by atoms with Gasteiger partial charge >= 0.3 is 0 Å². The van der Waals surface area contributed by atoms with Gasteiger partial charge in [-0.2, -0.15) is 0 Å². The van der Waals surface area contributed by atoms with E-state index in [0.29, 0.717) is 5.69 Å². The van der Waals surface area contributed by atoms with Crippen molar-refractivity contribution in [3.63, 3.8) is 0 Å². The minimum Gasteiger partial charge on any atom is -0.468 e. The number of sulfonamides is 1. The Kier molecular flexibility index (Phi) is 6.55. The van der Waals surface area contributed by atoms with Gasteiger partial charge in [0.05, 0.1) is 35.8 Å². The van der Waals surface area contributed by atoms with Crippen molar-refractivity contribution in [1.29, 1.82) is 0 Å². The Balaban J connectivity index is 1.67. The highest BCUT2D eigenvalue weighted by Gasteiger charge is 2.35. The van der Waals surface area contributed by atoms with E-state index in [-0.39, 0.29) is 33.9 Å². The topological polar surface area (TPSA) is 109 Å². The summed E-state index contributed by atoms with van der Waals surface area (Å²) >= 11 is 6.00. The molecular formula is C23H22ClN3O5S. The van der Waals surface area contributed by atoms with Gasteiger partial charge in [-0.3, -0.25) is 9.10 Å². The number of anilines is 2. The molecule has 10 heteroatoms. The molecule has 0 bridgehead atoms. The number of carbonyl (C=O) groups is 1. The molecule has 2 atom stereocenters. The number of aliphatic hydroxyl groups is 1. The maximum absolute atomic E-state index is 13.4. The molecule has 1 aliphatic rings. The molecular weight excluding hydrogens is 466 g/mol. The average molecular weight is 488 g/mol. The number of nitrogens with one attached hydrogen (secondary N) is 1. The van der Waals surface area contributed by atoms with Gasteiger partial charge in [0.15, 0.2) is 0 Å². The first-order chi connectivity index (χ1) is 15.8. The van der Waals surface area contributed by atoms with Crippen molar-refractivity contribution in [2.75, 3.05) is 22.8 Å². The number of carbonyl (C=O) groups excluding carboxylic acids is 1. The van der Waals surface area contributed by atoms with Gasteiger partial charge in [-0.1, -0.05) is 48.0 Å². The second-order valence-corrected chi connectivity index (χ2v) is 9.88. The first kappa shape index (κ1) is 23.0. The second kappa shape index (κ2) is 9.38. The number of pyridine rings is 1. The summed E-state index contributed by atoms with van der Waals surface area (Å²) in [4.78, 5) is 17.0. The van der Waals surface area contributed by atoms with Crippen molar-refractivity contribution in [1.82, 2.24) is 4.98 Å². The normalized spacial score (nSPS) is 16.5. The number of hydrogen-bond acceptors (Lipinski definition) is 6. The number of benzene rings is 2. The maximum atomic E-state index is 13.4. The Labute approximate surface area is 196 Å². The highest BCUT2D eigenvalue weighted by molar-refractivity contribution is 7.92. The third-order valence-corrected chi connectivity index (χ3v) is 7.31. The predicted octanol–water partition coefficient (Wildman–Crippen LogP) is 3.43. The smallest absolute Gasteiger partial charge is 0.264 e. The van der Waals surface area contributed by atoms with Gasteiger partial charge in [-0.05, 0) is 36.8 Å². The van der Waals surface area contributed by atoms with Crippen LogP contribution in [0.3, 0.4) is 0 Å². The van der Waals surface area contributed by atoms with Gasteiger partial charge in [-0.25, -0.2) is 13.4 Å². The largest absolute Gasteiger partial charge is 0.468 e. The van der Waals surface area contributed by atoms with Crippen LogP contribution in [0.2, 0.25) is 5.02 Å². The first-order valence-corrected chi connectivity index (χ1v) is 12.0. The van der Waals surface area contributed by atoms with E-state index in [1.165, 1.54) is 24.4 Å². The number of hydrogen-bond donors (Lipinski definition) is 2. The molecule has 0 unspecified atom stereocenters. The van der Waals surface area contributed by atoms with Crippen LogP contribution in [0.1, 0.15) is 18.4 Å². The summed E-state index contributed by atoms with van der Waals surface area (Å²) in [6.45, 7) is 1.26. The summed E-state index contributed by atoms with van der Waals surface area (Å²) in [7, 11) is -4.04. The number of aromatic nitrogens is 1. The van der Waals surface area contributed by atoms with Crippen LogP contribution in [0, 0.1) is 0 Å². The van der Waals surface area contributed by atoms with Gasteiger partial charge < -0.3 is 15.2 Å². The van der Waals surface area contributed by atoms with Crippen molar-refractivity contribution in [3.05, 3.63) is 77.4 Å². The van der Waals surface area contributed by atoms with E-state index >= 15 is 0 Å². The van der Waals surface area contributed by atoms with Crippen molar-refractivity contribution >= 4 is 38.9 Å². The number of amides is 1. The van der Waals surface area contributed by atoms with E-state index < -0.39 is 28.7 Å². The molecule has 0 spiro atoms. The Bertz CT molecular complexity index is 1270. The molecule has 0 saturated carbocycles. The highest BCUT2D eigenvalue weighted by atomic mass is 35.5. The van der Waals surface area contributed by atoms with Crippen molar-refractivity contribution < 1.29 is 23.1 Å². The fourth-order valence-electron chi connectivity index (χ4n) is 3.48. The van der Waals surface area contributed by atoms with E-state index in [1.54, 1.807) is 19.1 Å². The van der Waals surface area contributed by atoms with Gasteiger partial charge in [0.25, 0.3) is 10.0 Å². The molecule has 2 N–H and O–H groups in total. The van der Waals surface area contributed by atoms with Crippen molar-refractivity contribution in [2.24, 2.45) is 0 Å². The van der Waals surface area contributed by atoms with E-state index in [0.717, 1.165) is 9.87 Å². The molecule has 33 heavy (non-hydrogen) atoms. The minimum absolute atomic E-state index is 0.00771. The number of ether oxygens (including phenoxy) is 1. The number of fused-ring (bicyclic) bond motifs is 1. The third kappa shape index (κ3) is 4.80. The third-order valence-electron chi connectivity index (χ3n) is 5.30. The zero-order chi connectivity index (χ0) is 23.6. The first-order valence-electron chi connectivity index (χ1n) is 10.2. The van der Waals surface area contributed by atoms with Crippen molar-refractivity contribution in [2.45, 2.75) is 23.8 Å². The van der Waals surface area contributed by atoms with Crippen LogP contribution < -0.4 is 14.4 Å². The zero-order valence-corrected chi connectivity index (χ0v) is 19.3. The Morgan fingerprint density at radius 2 is 2.00 bits per heavy atom. The number of halogens is 1. The summed E-state index contributed by atoms with van der Waals surface area (Å²) in [6, 6.07) is 16.7. The molecule has 4 rings (SSSR count). The Morgan fingerprint density at radius 1 is 1.24 bits per heavy atom. The fraction of sp³-hybridized carbons (Fsp3) is 0.217. The number of rotatable bonds is 6. The van der Waals surface area contributed by atoms with Crippen LogP contribution in [0.25, 0.3) is 0 Å². The lowest BCUT2D eigenvalue weighted by atomic mass is 10.0. The standard InChI is InChI=1S/C23H22ClN3O5S/c1-15(16-6-3-2-4-7-16)22(29)26-18-11-21-23(25-12-18)32-19(14-28)13-27(21)33(30,31)20-9-5-8-17(24)10-20/h2-12,15,19,28H,13-14H2,1H3,(H,26,29)/t15-,19+/m0/s1. The van der Waals surface area contributed by atoms with Crippen LogP contribution in [-0.4, -0.2) is 43.7 Å². The quantitative estimate of drug-likeness (QED) is 0.551. The molecule has 3 aromatic rings. The van der Waals surface area contributed by atoms with E-state index in [1.807, 2.05) is 30.3 Å². The van der Waals surface area contributed by atoms with Crippen LogP contribution in [0.5, 0.6) is 5.88 Å². The highest BCUT2D eigenvalue weighted by Crippen LogP contribution is 2.37.